The van der Waals surface area contributed by atoms with Gasteiger partial charge in [-0.25, -0.2) is 0 Å². The molecule has 8 nitrogen and oxygen atoms in total. The van der Waals surface area contributed by atoms with Crippen LogP contribution in [-0.2, 0) is 16.1 Å². The topological polar surface area (TPSA) is 87.2 Å². The first kappa shape index (κ1) is 23.0. The lowest BCUT2D eigenvalue weighted by Crippen LogP contribution is -2.53. The Morgan fingerprint density at radius 2 is 1.86 bits per heavy atom. The summed E-state index contributed by atoms with van der Waals surface area (Å²) in [6.07, 6.45) is 0. The van der Waals surface area contributed by atoms with Gasteiger partial charge in [0.1, 0.15) is 5.75 Å². The number of nitrogens with zero attached hydrogens (tertiary/aromatic N) is 2. The summed E-state index contributed by atoms with van der Waals surface area (Å²) in [7, 11) is 3.34. The number of morpholine rings is 1. The van der Waals surface area contributed by atoms with Crippen molar-refractivity contribution in [1.29, 1.82) is 0 Å². The number of guanidine groups is 1. The van der Waals surface area contributed by atoms with Gasteiger partial charge in [0.2, 0.25) is 5.91 Å². The molecule has 29 heavy (non-hydrogen) atoms. The first-order chi connectivity index (χ1) is 14.0. The highest BCUT2D eigenvalue weighted by Gasteiger charge is 2.23. The molecule has 8 heteroatoms. The van der Waals surface area contributed by atoms with Crippen molar-refractivity contribution in [3.8, 4) is 5.75 Å². The first-order valence-corrected chi connectivity index (χ1v) is 10.2. The molecule has 0 aliphatic carbocycles. The predicted octanol–water partition coefficient (Wildman–Crippen LogP) is 0.833. The number of methoxy groups -OCH3 is 1. The van der Waals surface area contributed by atoms with Gasteiger partial charge in [-0.1, -0.05) is 26.0 Å². The van der Waals surface area contributed by atoms with Gasteiger partial charge in [0.15, 0.2) is 5.96 Å². The van der Waals surface area contributed by atoms with Gasteiger partial charge in [0.05, 0.1) is 26.9 Å². The summed E-state index contributed by atoms with van der Waals surface area (Å²) >= 11 is 0. The van der Waals surface area contributed by atoms with Crippen molar-refractivity contribution in [1.82, 2.24) is 20.9 Å². The number of ether oxygens (including phenoxy) is 2. The van der Waals surface area contributed by atoms with Crippen molar-refractivity contribution in [3.05, 3.63) is 29.8 Å². The minimum Gasteiger partial charge on any atom is -0.497 e. The predicted molar refractivity (Wildman–Crippen MR) is 115 cm³/mol. The monoisotopic (exact) mass is 405 g/mol. The minimum absolute atomic E-state index is 0.0858. The molecule has 0 bridgehead atoms. The van der Waals surface area contributed by atoms with Crippen molar-refractivity contribution in [2.45, 2.75) is 26.4 Å². The molecular formula is C21H35N5O3. The quantitative estimate of drug-likeness (QED) is 0.417. The van der Waals surface area contributed by atoms with E-state index < -0.39 is 0 Å². The Hall–Kier alpha value is -2.32. The zero-order valence-electron chi connectivity index (χ0n) is 18.0. The second kappa shape index (κ2) is 12.3. The van der Waals surface area contributed by atoms with Crippen molar-refractivity contribution in [2.24, 2.45) is 10.9 Å². The van der Waals surface area contributed by atoms with Crippen LogP contribution in [0.4, 0.5) is 0 Å². The summed E-state index contributed by atoms with van der Waals surface area (Å²) in [5, 5.41) is 9.34. The Balaban J connectivity index is 1.73. The lowest BCUT2D eigenvalue weighted by Gasteiger charge is -2.37. The number of nitrogens with one attached hydrogen (secondary N) is 3. The van der Waals surface area contributed by atoms with Crippen LogP contribution in [0.25, 0.3) is 0 Å². The molecular weight excluding hydrogens is 370 g/mol. The van der Waals surface area contributed by atoms with Crippen LogP contribution in [0, 0.1) is 5.92 Å². The maximum Gasteiger partial charge on any atom is 0.239 e. The maximum absolute atomic E-state index is 12.2. The Bertz CT molecular complexity index is 642. The molecule has 1 aromatic carbocycles. The highest BCUT2D eigenvalue weighted by atomic mass is 16.5. The van der Waals surface area contributed by atoms with Crippen LogP contribution in [-0.4, -0.2) is 76.4 Å². The van der Waals surface area contributed by atoms with E-state index in [9.17, 15) is 4.79 Å². The van der Waals surface area contributed by atoms with E-state index in [4.69, 9.17) is 9.47 Å². The molecule has 3 N–H and O–H groups in total. The molecule has 1 saturated heterocycles. The van der Waals surface area contributed by atoms with Gasteiger partial charge < -0.3 is 25.4 Å². The van der Waals surface area contributed by atoms with Crippen LogP contribution < -0.4 is 20.7 Å². The molecule has 2 rings (SSSR count). The Morgan fingerprint density at radius 3 is 2.45 bits per heavy atom. The Kier molecular flexibility index (Phi) is 9.73. The molecule has 1 heterocycles. The third kappa shape index (κ3) is 7.91. The van der Waals surface area contributed by atoms with Crippen molar-refractivity contribution in [2.75, 3.05) is 53.6 Å². The molecule has 1 unspecified atom stereocenters. The van der Waals surface area contributed by atoms with E-state index in [0.29, 0.717) is 24.5 Å². The number of hydrogen-bond acceptors (Lipinski definition) is 5. The van der Waals surface area contributed by atoms with E-state index in [-0.39, 0.29) is 12.5 Å². The Labute approximate surface area is 174 Å². The summed E-state index contributed by atoms with van der Waals surface area (Å²) in [5.41, 5.74) is 1.02. The van der Waals surface area contributed by atoms with E-state index in [0.717, 1.165) is 44.2 Å². The van der Waals surface area contributed by atoms with E-state index >= 15 is 0 Å². The van der Waals surface area contributed by atoms with Crippen LogP contribution in [0.5, 0.6) is 5.75 Å². The highest BCUT2D eigenvalue weighted by Crippen LogP contribution is 2.12. The number of hydrogen-bond donors (Lipinski definition) is 3. The zero-order valence-corrected chi connectivity index (χ0v) is 18.0. The molecule has 1 aliphatic heterocycles. The van der Waals surface area contributed by atoms with Gasteiger partial charge in [-0.15, -0.1) is 0 Å². The highest BCUT2D eigenvalue weighted by molar-refractivity contribution is 5.86. The molecule has 1 aliphatic rings. The number of aliphatic imine (C=N–C) groups is 1. The van der Waals surface area contributed by atoms with Crippen LogP contribution in [0.15, 0.2) is 29.3 Å². The molecule has 1 amide bonds. The largest absolute Gasteiger partial charge is 0.497 e. The fraction of sp³-hybridized carbons (Fsp3) is 0.619. The summed E-state index contributed by atoms with van der Waals surface area (Å²) in [6.45, 7) is 9.33. The second-order valence-corrected chi connectivity index (χ2v) is 7.39. The molecule has 0 aromatic heterocycles. The number of carbonyl (C=O) groups is 1. The molecule has 1 atom stereocenters. The second-order valence-electron chi connectivity index (χ2n) is 7.39. The first-order valence-electron chi connectivity index (χ1n) is 10.2. The summed E-state index contributed by atoms with van der Waals surface area (Å²) in [5.74, 6) is 1.85. The molecule has 1 fully saturated rings. The number of rotatable bonds is 9. The van der Waals surface area contributed by atoms with E-state index in [1.165, 1.54) is 0 Å². The third-order valence-electron chi connectivity index (χ3n) is 5.05. The molecule has 0 spiro atoms. The maximum atomic E-state index is 12.2. The standard InChI is InChI=1S/C21H35N5O3/c1-16(2)19(26-9-11-29-12-10-26)14-24-21(22-3)25-15-20(27)23-13-17-5-7-18(28-4)8-6-17/h5-8,16,19H,9-15H2,1-4H3,(H,23,27)(H2,22,24,25). The van der Waals surface area contributed by atoms with Crippen molar-refractivity contribution in [3.63, 3.8) is 0 Å². The fourth-order valence-electron chi connectivity index (χ4n) is 3.29. The van der Waals surface area contributed by atoms with Crippen LogP contribution >= 0.6 is 0 Å². The number of carbonyl (C=O) groups excluding carboxylic acids is 1. The van der Waals surface area contributed by atoms with E-state index in [2.05, 4.69) is 39.7 Å². The average Bonchev–Trinajstić information content (AvgIpc) is 2.75. The smallest absolute Gasteiger partial charge is 0.239 e. The van der Waals surface area contributed by atoms with Gasteiger partial charge in [-0.05, 0) is 23.6 Å². The van der Waals surface area contributed by atoms with Gasteiger partial charge in [0.25, 0.3) is 0 Å². The minimum atomic E-state index is -0.0858. The molecule has 0 radical (unpaired) electrons. The van der Waals surface area contributed by atoms with Gasteiger partial charge in [-0.2, -0.15) is 0 Å². The van der Waals surface area contributed by atoms with Crippen LogP contribution in [0.1, 0.15) is 19.4 Å². The van der Waals surface area contributed by atoms with Gasteiger partial charge in [0, 0.05) is 39.3 Å². The number of benzene rings is 1. The van der Waals surface area contributed by atoms with Gasteiger partial charge in [-0.3, -0.25) is 14.7 Å². The Morgan fingerprint density at radius 1 is 1.17 bits per heavy atom. The third-order valence-corrected chi connectivity index (χ3v) is 5.05. The van der Waals surface area contributed by atoms with Crippen LogP contribution in [0.2, 0.25) is 0 Å². The molecule has 162 valence electrons. The van der Waals surface area contributed by atoms with Crippen molar-refractivity contribution < 1.29 is 14.3 Å². The summed E-state index contributed by atoms with van der Waals surface area (Å²) < 4.78 is 10.6. The summed E-state index contributed by atoms with van der Waals surface area (Å²) in [4.78, 5) is 18.8. The van der Waals surface area contributed by atoms with Crippen LogP contribution in [0.3, 0.4) is 0 Å². The van der Waals surface area contributed by atoms with Crippen molar-refractivity contribution >= 4 is 11.9 Å². The fourth-order valence-corrected chi connectivity index (χ4v) is 3.29. The molecule has 1 aromatic rings. The lowest BCUT2D eigenvalue weighted by molar-refractivity contribution is -0.120. The number of amides is 1. The normalized spacial score (nSPS) is 16.4. The lowest BCUT2D eigenvalue weighted by atomic mass is 10.0. The zero-order chi connectivity index (χ0) is 21.1. The van der Waals surface area contributed by atoms with E-state index in [1.807, 2.05) is 24.3 Å². The molecule has 0 saturated carbocycles. The average molecular weight is 406 g/mol. The van der Waals surface area contributed by atoms with Gasteiger partial charge >= 0.3 is 0 Å². The summed E-state index contributed by atoms with van der Waals surface area (Å²) in [6, 6.07) is 8.02. The van der Waals surface area contributed by atoms with E-state index in [1.54, 1.807) is 14.2 Å². The SMILES string of the molecule is CN=C(NCC(=O)NCc1ccc(OC)cc1)NCC(C(C)C)N1CCOCC1.